The summed E-state index contributed by atoms with van der Waals surface area (Å²) in [6.07, 6.45) is -1.64. The molecule has 0 aliphatic carbocycles. The van der Waals surface area contributed by atoms with E-state index in [1.807, 2.05) is 0 Å². The molecule has 2 nitrogen and oxygen atoms in total. The van der Waals surface area contributed by atoms with Gasteiger partial charge in [-0.3, -0.25) is 9.78 Å². The van der Waals surface area contributed by atoms with Gasteiger partial charge in [0, 0.05) is 28.0 Å². The van der Waals surface area contributed by atoms with Gasteiger partial charge in [0.25, 0.3) is 0 Å². The van der Waals surface area contributed by atoms with Gasteiger partial charge in [-0.25, -0.2) is 0 Å². The van der Waals surface area contributed by atoms with Crippen LogP contribution in [0.3, 0.4) is 0 Å². The van der Waals surface area contributed by atoms with Gasteiger partial charge in [0.2, 0.25) is 0 Å². The number of carbonyl (C=O) groups excluding carboxylic acids is 1. The Morgan fingerprint density at radius 3 is 2.55 bits per heavy atom. The first-order chi connectivity index (χ1) is 9.30. The van der Waals surface area contributed by atoms with Crippen molar-refractivity contribution in [3.8, 4) is 0 Å². The van der Waals surface area contributed by atoms with Crippen molar-refractivity contribution in [1.29, 1.82) is 0 Å². The van der Waals surface area contributed by atoms with Crippen molar-refractivity contribution < 1.29 is 18.0 Å². The molecule has 0 fully saturated rings. The van der Waals surface area contributed by atoms with Gasteiger partial charge < -0.3 is 0 Å². The summed E-state index contributed by atoms with van der Waals surface area (Å²) in [6.45, 7) is 1.71. The highest BCUT2D eigenvalue weighted by molar-refractivity contribution is 9.10. The topological polar surface area (TPSA) is 30.0 Å². The van der Waals surface area contributed by atoms with Crippen LogP contribution in [0.15, 0.2) is 41.1 Å². The van der Waals surface area contributed by atoms with Gasteiger partial charge in [-0.15, -0.1) is 0 Å². The minimum atomic E-state index is -4.51. The molecule has 0 radical (unpaired) electrons. The molecule has 0 aliphatic rings. The number of alkyl halides is 3. The van der Waals surface area contributed by atoms with E-state index in [0.717, 1.165) is 6.07 Å². The summed E-state index contributed by atoms with van der Waals surface area (Å²) in [6, 6.07) is 5.06. The minimum Gasteiger partial charge on any atom is -0.289 e. The van der Waals surface area contributed by atoms with Crippen molar-refractivity contribution in [3.63, 3.8) is 0 Å². The van der Waals surface area contributed by atoms with Crippen LogP contribution in [0.25, 0.3) is 0 Å². The maximum atomic E-state index is 12.8. The molecule has 1 aromatic heterocycles. The average Bonchev–Trinajstić information content (AvgIpc) is 2.37. The Labute approximate surface area is 121 Å². The average molecular weight is 344 g/mol. The molecule has 0 saturated carbocycles. The number of halogens is 4. The van der Waals surface area contributed by atoms with E-state index >= 15 is 0 Å². The zero-order chi connectivity index (χ0) is 14.9. The van der Waals surface area contributed by atoms with Crippen LogP contribution in [0.2, 0.25) is 0 Å². The van der Waals surface area contributed by atoms with E-state index in [0.29, 0.717) is 11.1 Å². The van der Waals surface area contributed by atoms with Crippen molar-refractivity contribution in [1.82, 2.24) is 4.98 Å². The number of benzene rings is 1. The van der Waals surface area contributed by atoms with Gasteiger partial charge in [0.1, 0.15) is 0 Å². The number of ketones is 1. The van der Waals surface area contributed by atoms with Crippen molar-refractivity contribution in [2.24, 2.45) is 0 Å². The third-order valence-electron chi connectivity index (χ3n) is 2.82. The Morgan fingerprint density at radius 1 is 1.25 bits per heavy atom. The number of hydrogen-bond acceptors (Lipinski definition) is 2. The SMILES string of the molecule is Cc1ccncc1C(=O)c1ccc(Br)c(C(F)(F)F)c1. The van der Waals surface area contributed by atoms with E-state index < -0.39 is 17.5 Å². The third-order valence-corrected chi connectivity index (χ3v) is 3.51. The summed E-state index contributed by atoms with van der Waals surface area (Å²) in [7, 11) is 0. The first-order valence-corrected chi connectivity index (χ1v) is 6.42. The zero-order valence-electron chi connectivity index (χ0n) is 10.3. The number of aryl methyl sites for hydroxylation is 1. The summed E-state index contributed by atoms with van der Waals surface area (Å²) in [5, 5.41) is 0. The van der Waals surface area contributed by atoms with Crippen LogP contribution in [-0.2, 0) is 6.18 Å². The van der Waals surface area contributed by atoms with Gasteiger partial charge in [-0.1, -0.05) is 15.9 Å². The molecule has 20 heavy (non-hydrogen) atoms. The molecule has 0 N–H and O–H groups in total. The zero-order valence-corrected chi connectivity index (χ0v) is 11.9. The van der Waals surface area contributed by atoms with Gasteiger partial charge in [-0.05, 0) is 36.8 Å². The highest BCUT2D eigenvalue weighted by Gasteiger charge is 2.33. The van der Waals surface area contributed by atoms with Crippen molar-refractivity contribution in [2.45, 2.75) is 13.1 Å². The highest BCUT2D eigenvalue weighted by atomic mass is 79.9. The molecule has 104 valence electrons. The molecule has 0 atom stereocenters. The fourth-order valence-electron chi connectivity index (χ4n) is 1.74. The fraction of sp³-hybridized carbons (Fsp3) is 0.143. The summed E-state index contributed by atoms with van der Waals surface area (Å²) in [5.41, 5.74) is 0.0749. The van der Waals surface area contributed by atoms with Crippen LogP contribution in [0.1, 0.15) is 27.0 Å². The number of carbonyl (C=O) groups is 1. The number of aromatic nitrogens is 1. The molecule has 0 amide bonds. The molecule has 6 heteroatoms. The lowest BCUT2D eigenvalue weighted by molar-refractivity contribution is -0.138. The Bertz CT molecular complexity index is 668. The van der Waals surface area contributed by atoms with Crippen LogP contribution >= 0.6 is 15.9 Å². The lowest BCUT2D eigenvalue weighted by atomic mass is 9.99. The predicted molar refractivity (Wildman–Crippen MR) is 71.6 cm³/mol. The third kappa shape index (κ3) is 2.90. The molecule has 2 aromatic rings. The molecule has 0 aliphatic heterocycles. The Morgan fingerprint density at radius 2 is 1.95 bits per heavy atom. The molecule has 0 bridgehead atoms. The van der Waals surface area contributed by atoms with Crippen LogP contribution in [0.5, 0.6) is 0 Å². The van der Waals surface area contributed by atoms with Crippen molar-refractivity contribution in [3.05, 3.63) is 63.4 Å². The molecule has 2 rings (SSSR count). The number of pyridine rings is 1. The van der Waals surface area contributed by atoms with Crippen LogP contribution in [-0.4, -0.2) is 10.8 Å². The molecular formula is C14H9BrF3NO. The predicted octanol–water partition coefficient (Wildman–Crippen LogP) is 4.40. The molecule has 1 heterocycles. The number of nitrogens with zero attached hydrogens (tertiary/aromatic N) is 1. The second-order valence-electron chi connectivity index (χ2n) is 4.21. The monoisotopic (exact) mass is 343 g/mol. The molecule has 0 spiro atoms. The Hall–Kier alpha value is -1.69. The number of rotatable bonds is 2. The van der Waals surface area contributed by atoms with Crippen LogP contribution in [0.4, 0.5) is 13.2 Å². The van der Waals surface area contributed by atoms with E-state index in [4.69, 9.17) is 0 Å². The Kier molecular flexibility index (Phi) is 3.94. The lowest BCUT2D eigenvalue weighted by Gasteiger charge is -2.11. The molecule has 0 unspecified atom stereocenters. The molecule has 1 aromatic carbocycles. The first-order valence-electron chi connectivity index (χ1n) is 5.63. The molecular weight excluding hydrogens is 335 g/mol. The lowest BCUT2D eigenvalue weighted by Crippen LogP contribution is -2.10. The van der Waals surface area contributed by atoms with Crippen molar-refractivity contribution in [2.75, 3.05) is 0 Å². The second-order valence-corrected chi connectivity index (χ2v) is 5.07. The smallest absolute Gasteiger partial charge is 0.289 e. The standard InChI is InChI=1S/C14H9BrF3NO/c1-8-4-5-19-7-10(8)13(20)9-2-3-12(15)11(6-9)14(16,17)18/h2-7H,1H3. The summed E-state index contributed by atoms with van der Waals surface area (Å²) in [5.74, 6) is -0.478. The van der Waals surface area contributed by atoms with Gasteiger partial charge in [0.05, 0.1) is 5.56 Å². The maximum absolute atomic E-state index is 12.8. The van der Waals surface area contributed by atoms with Gasteiger partial charge in [-0.2, -0.15) is 13.2 Å². The first kappa shape index (κ1) is 14.7. The van der Waals surface area contributed by atoms with Gasteiger partial charge in [0.15, 0.2) is 5.78 Å². The van der Waals surface area contributed by atoms with E-state index in [9.17, 15) is 18.0 Å². The van der Waals surface area contributed by atoms with E-state index in [1.54, 1.807) is 13.0 Å². The normalized spacial score (nSPS) is 11.4. The van der Waals surface area contributed by atoms with E-state index in [-0.39, 0.29) is 10.0 Å². The van der Waals surface area contributed by atoms with Crippen LogP contribution in [0, 0.1) is 6.92 Å². The molecule has 0 saturated heterocycles. The van der Waals surface area contributed by atoms with E-state index in [2.05, 4.69) is 20.9 Å². The quantitative estimate of drug-likeness (QED) is 0.756. The Balaban J connectivity index is 2.50. The maximum Gasteiger partial charge on any atom is 0.417 e. The summed E-state index contributed by atoms with van der Waals surface area (Å²) in [4.78, 5) is 16.1. The van der Waals surface area contributed by atoms with E-state index in [1.165, 1.54) is 24.5 Å². The van der Waals surface area contributed by atoms with Crippen molar-refractivity contribution >= 4 is 21.7 Å². The highest BCUT2D eigenvalue weighted by Crippen LogP contribution is 2.35. The van der Waals surface area contributed by atoms with Gasteiger partial charge >= 0.3 is 6.18 Å². The largest absolute Gasteiger partial charge is 0.417 e. The summed E-state index contributed by atoms with van der Waals surface area (Å²) >= 11 is 2.84. The summed E-state index contributed by atoms with van der Waals surface area (Å²) < 4.78 is 38.4. The van der Waals surface area contributed by atoms with Crippen LogP contribution < -0.4 is 0 Å². The minimum absolute atomic E-state index is 0.0170. The fourth-order valence-corrected chi connectivity index (χ4v) is 2.21. The second kappa shape index (κ2) is 5.36. The number of hydrogen-bond donors (Lipinski definition) is 0.